The van der Waals surface area contributed by atoms with Gasteiger partial charge in [0.2, 0.25) is 0 Å². The predicted octanol–water partition coefficient (Wildman–Crippen LogP) is 8.27. The number of halogens is 1. The van der Waals surface area contributed by atoms with Crippen LogP contribution in [-0.2, 0) is 22.5 Å². The quantitative estimate of drug-likeness (QED) is 0.203. The van der Waals surface area contributed by atoms with Gasteiger partial charge in [0.05, 0.1) is 23.6 Å². The Kier molecular flexibility index (Phi) is 9.37. The highest BCUT2D eigenvalue weighted by Gasteiger charge is 2.62. The molecule has 2 bridgehead atoms. The molecule has 1 saturated heterocycles. The molecule has 4 fully saturated rings. The van der Waals surface area contributed by atoms with Crippen LogP contribution in [0, 0.1) is 30.0 Å². The average Bonchev–Trinajstić information content (AvgIpc) is 3.00. The number of nitrogens with one attached hydrogen (secondary N) is 1. The summed E-state index contributed by atoms with van der Waals surface area (Å²) in [6.07, 6.45) is 3.92. The van der Waals surface area contributed by atoms with Crippen LogP contribution in [-0.4, -0.2) is 46.9 Å². The van der Waals surface area contributed by atoms with E-state index in [4.69, 9.17) is 14.5 Å². The molecule has 48 heavy (non-hydrogen) atoms. The fourth-order valence-corrected chi connectivity index (χ4v) is 7.71. The average molecular weight is 658 g/mol. The second-order valence-electron chi connectivity index (χ2n) is 16.1. The topological polar surface area (TPSA) is 83.9 Å². The summed E-state index contributed by atoms with van der Waals surface area (Å²) in [5.74, 6) is 0.961. The molecular weight excluding hydrogens is 605 g/mol. The van der Waals surface area contributed by atoms with Gasteiger partial charge in [0.25, 0.3) is 0 Å². The molecule has 3 aliphatic carbocycles. The lowest BCUT2D eigenvalue weighted by atomic mass is 9.43. The first kappa shape index (κ1) is 34.4. The number of hydrogen-bond acceptors (Lipinski definition) is 6. The molecule has 2 atom stereocenters. The van der Waals surface area contributed by atoms with Crippen molar-refractivity contribution in [2.24, 2.45) is 17.3 Å². The summed E-state index contributed by atoms with van der Waals surface area (Å²) < 4.78 is 25.7. The highest BCUT2D eigenvalue weighted by Crippen LogP contribution is 2.61. The Balaban J connectivity index is 1.40. The summed E-state index contributed by atoms with van der Waals surface area (Å²) in [5, 5.41) is 14.5. The lowest BCUT2D eigenvalue weighted by molar-refractivity contribution is -0.160. The highest BCUT2D eigenvalue weighted by molar-refractivity contribution is 5.88. The lowest BCUT2D eigenvalue weighted by Crippen LogP contribution is -2.73. The summed E-state index contributed by atoms with van der Waals surface area (Å²) in [6, 6.07) is 14.6. The molecule has 3 aromatic rings. The Hall–Kier alpha value is -3.49. The van der Waals surface area contributed by atoms with E-state index in [1.165, 1.54) is 25.0 Å². The molecule has 1 aliphatic heterocycles. The summed E-state index contributed by atoms with van der Waals surface area (Å²) in [7, 11) is 0. The van der Waals surface area contributed by atoms with E-state index >= 15 is 0 Å². The number of carboxylic acid groups (broad SMARTS) is 1. The van der Waals surface area contributed by atoms with Gasteiger partial charge in [-0.05, 0) is 106 Å². The smallest absolute Gasteiger partial charge is 0.337 e. The van der Waals surface area contributed by atoms with Crippen LogP contribution < -0.4 is 15.0 Å². The molecule has 4 aliphatic rings. The van der Waals surface area contributed by atoms with Crippen LogP contribution in [0.3, 0.4) is 0 Å². The van der Waals surface area contributed by atoms with Crippen molar-refractivity contribution >= 4 is 11.7 Å². The van der Waals surface area contributed by atoms with E-state index in [0.29, 0.717) is 36.7 Å². The van der Waals surface area contributed by atoms with E-state index in [1.54, 1.807) is 12.1 Å². The van der Waals surface area contributed by atoms with Crippen LogP contribution >= 0.6 is 0 Å². The van der Waals surface area contributed by atoms with Crippen molar-refractivity contribution < 1.29 is 23.8 Å². The Morgan fingerprint density at radius 2 is 1.73 bits per heavy atom. The highest BCUT2D eigenvalue weighted by atomic mass is 19.1. The van der Waals surface area contributed by atoms with Crippen molar-refractivity contribution in [1.82, 2.24) is 10.3 Å². The van der Waals surface area contributed by atoms with Gasteiger partial charge in [-0.3, -0.25) is 4.98 Å². The number of carbonyl (C=O) groups is 1. The number of rotatable bonds is 12. The minimum Gasteiger partial charge on any atom is -0.493 e. The molecule has 0 amide bonds. The van der Waals surface area contributed by atoms with E-state index in [-0.39, 0.29) is 16.8 Å². The van der Waals surface area contributed by atoms with Crippen molar-refractivity contribution in [2.75, 3.05) is 24.6 Å². The number of aliphatic carboxylic acids is 1. The molecule has 7 nitrogen and oxygen atoms in total. The second kappa shape index (κ2) is 13.1. The number of carboxylic acids is 1. The van der Waals surface area contributed by atoms with Gasteiger partial charge in [-0.1, -0.05) is 45.0 Å². The van der Waals surface area contributed by atoms with Crippen molar-refractivity contribution in [3.05, 3.63) is 76.9 Å². The van der Waals surface area contributed by atoms with Crippen LogP contribution in [0.1, 0.15) is 95.8 Å². The molecule has 0 radical (unpaired) electrons. The number of aromatic nitrogens is 1. The fourth-order valence-electron chi connectivity index (χ4n) is 7.71. The minimum absolute atomic E-state index is 0.173. The SMILES string of the molecule is Cc1nc(CNC23CC(C2)[C@H]3C)c(-c2ccc(OCCc3ccc(F)cc3)cc2)c(N2CCC(C)(C)CC2)c1[C@H](OC(C)(C)C)C(=O)O. The molecule has 2 aromatic carbocycles. The van der Waals surface area contributed by atoms with Crippen LogP contribution in [0.25, 0.3) is 11.1 Å². The van der Waals surface area contributed by atoms with Crippen LogP contribution in [0.5, 0.6) is 5.75 Å². The van der Waals surface area contributed by atoms with E-state index < -0.39 is 17.7 Å². The summed E-state index contributed by atoms with van der Waals surface area (Å²) in [6.45, 7) is 17.3. The summed E-state index contributed by atoms with van der Waals surface area (Å²) in [4.78, 5) is 20.6. The maximum Gasteiger partial charge on any atom is 0.337 e. The number of pyridine rings is 1. The van der Waals surface area contributed by atoms with E-state index in [0.717, 1.165) is 65.7 Å². The number of benzene rings is 2. The Morgan fingerprint density at radius 3 is 2.27 bits per heavy atom. The van der Waals surface area contributed by atoms with Gasteiger partial charge in [0, 0.05) is 48.4 Å². The van der Waals surface area contributed by atoms with Crippen molar-refractivity contribution in [3.8, 4) is 16.9 Å². The normalized spacial score (nSPS) is 23.6. The van der Waals surface area contributed by atoms with E-state index in [9.17, 15) is 14.3 Å². The zero-order valence-corrected chi connectivity index (χ0v) is 29.7. The number of anilines is 1. The molecular formula is C40H52FN3O4. The van der Waals surface area contributed by atoms with Gasteiger partial charge in [-0.15, -0.1) is 0 Å². The summed E-state index contributed by atoms with van der Waals surface area (Å²) >= 11 is 0. The van der Waals surface area contributed by atoms with E-state index in [2.05, 4.69) is 43.1 Å². The zero-order valence-electron chi connectivity index (χ0n) is 29.7. The molecule has 2 heterocycles. The molecule has 8 heteroatoms. The molecule has 7 rings (SSSR count). The first-order chi connectivity index (χ1) is 22.6. The minimum atomic E-state index is -1.17. The Labute approximate surface area is 285 Å². The molecule has 0 spiro atoms. The monoisotopic (exact) mass is 657 g/mol. The van der Waals surface area contributed by atoms with Gasteiger partial charge >= 0.3 is 5.97 Å². The maximum atomic E-state index is 13.3. The Morgan fingerprint density at radius 1 is 1.08 bits per heavy atom. The molecule has 1 aromatic heterocycles. The molecule has 258 valence electrons. The van der Waals surface area contributed by atoms with Gasteiger partial charge < -0.3 is 24.8 Å². The fraction of sp³-hybridized carbons (Fsp3) is 0.550. The lowest BCUT2D eigenvalue weighted by Gasteiger charge is -2.68. The van der Waals surface area contributed by atoms with Gasteiger partial charge in [-0.2, -0.15) is 0 Å². The van der Waals surface area contributed by atoms with Crippen molar-refractivity contribution in [3.63, 3.8) is 0 Å². The predicted molar refractivity (Wildman–Crippen MR) is 188 cm³/mol. The largest absolute Gasteiger partial charge is 0.493 e. The van der Waals surface area contributed by atoms with Crippen LogP contribution in [0.15, 0.2) is 48.5 Å². The third kappa shape index (κ3) is 7.11. The first-order valence-corrected chi connectivity index (χ1v) is 17.6. The van der Waals surface area contributed by atoms with Gasteiger partial charge in [0.15, 0.2) is 6.10 Å². The number of ether oxygens (including phenoxy) is 2. The standard InChI is InChI=1S/C40H52FN3O4/c1-25-29-22-40(25,23-29)42-24-32-34(28-10-14-31(15-11-28)47-21-16-27-8-12-30(41)13-9-27)35(44-19-17-39(6,7)18-20-44)33(26(2)43-32)36(37(45)46)48-38(3,4)5/h8-15,25,29,36,42H,16-24H2,1-7H3,(H,45,46)/t25-,29?,36+,40?/m1/s1. The zero-order chi connectivity index (χ0) is 34.4. The molecule has 0 unspecified atom stereocenters. The third-order valence-electron chi connectivity index (χ3n) is 11.0. The maximum absolute atomic E-state index is 13.3. The number of aryl methyl sites for hydroxylation is 1. The van der Waals surface area contributed by atoms with E-state index in [1.807, 2.05) is 39.8 Å². The van der Waals surface area contributed by atoms with Gasteiger partial charge in [0.1, 0.15) is 11.6 Å². The number of hydrogen-bond donors (Lipinski definition) is 2. The van der Waals surface area contributed by atoms with Crippen molar-refractivity contribution in [2.45, 2.75) is 104 Å². The number of piperidine rings is 1. The molecule has 2 N–H and O–H groups in total. The summed E-state index contributed by atoms with van der Waals surface area (Å²) in [5.41, 5.74) is 5.83. The first-order valence-electron chi connectivity index (χ1n) is 17.6. The van der Waals surface area contributed by atoms with Crippen LogP contribution in [0.2, 0.25) is 0 Å². The van der Waals surface area contributed by atoms with Crippen LogP contribution in [0.4, 0.5) is 10.1 Å². The second-order valence-corrected chi connectivity index (χ2v) is 16.1. The van der Waals surface area contributed by atoms with Crippen molar-refractivity contribution in [1.29, 1.82) is 0 Å². The Bertz CT molecular complexity index is 1610. The molecule has 3 saturated carbocycles. The van der Waals surface area contributed by atoms with Gasteiger partial charge in [-0.25, -0.2) is 9.18 Å². The number of nitrogens with zero attached hydrogens (tertiary/aromatic N) is 2. The third-order valence-corrected chi connectivity index (χ3v) is 11.0.